The molecule has 0 radical (unpaired) electrons. The normalized spacial score (nSPS) is 22.2. The standard InChI is InChI=1S/C14H16FNO/c1-16(2)9-13-12(7-8-14(13)17)10-3-5-11(15)6-4-10/h3-6,9,12H,7-8H2,1-2H3/b13-9-. The van der Waals surface area contributed by atoms with Crippen LogP contribution in [0.15, 0.2) is 36.0 Å². The van der Waals surface area contributed by atoms with Gasteiger partial charge in [0.05, 0.1) is 0 Å². The molecule has 0 bridgehead atoms. The topological polar surface area (TPSA) is 20.3 Å². The lowest BCUT2D eigenvalue weighted by molar-refractivity contribution is -0.114. The number of carbonyl (C=O) groups is 1. The Balaban J connectivity index is 2.32. The number of halogens is 1. The first-order chi connectivity index (χ1) is 8.08. The Morgan fingerprint density at radius 1 is 1.29 bits per heavy atom. The first-order valence-corrected chi connectivity index (χ1v) is 5.74. The van der Waals surface area contributed by atoms with Gasteiger partial charge in [0.15, 0.2) is 5.78 Å². The van der Waals surface area contributed by atoms with E-state index in [1.165, 1.54) is 12.1 Å². The van der Waals surface area contributed by atoms with Crippen LogP contribution in [-0.4, -0.2) is 24.8 Å². The van der Waals surface area contributed by atoms with E-state index in [2.05, 4.69) is 0 Å². The van der Waals surface area contributed by atoms with E-state index < -0.39 is 0 Å². The van der Waals surface area contributed by atoms with E-state index in [1.807, 2.05) is 25.2 Å². The molecule has 0 aromatic heterocycles. The van der Waals surface area contributed by atoms with Gasteiger partial charge in [-0.05, 0) is 24.1 Å². The fourth-order valence-electron chi connectivity index (χ4n) is 2.25. The lowest BCUT2D eigenvalue weighted by atomic mass is 9.94. The van der Waals surface area contributed by atoms with Crippen molar-refractivity contribution >= 4 is 5.78 Å². The molecule has 1 aromatic rings. The second-order valence-corrected chi connectivity index (χ2v) is 4.61. The van der Waals surface area contributed by atoms with Crippen molar-refractivity contribution in [1.29, 1.82) is 0 Å². The summed E-state index contributed by atoms with van der Waals surface area (Å²) in [5.74, 6) is 0.0785. The van der Waals surface area contributed by atoms with Crippen LogP contribution in [-0.2, 0) is 4.79 Å². The largest absolute Gasteiger partial charge is 0.383 e. The summed E-state index contributed by atoms with van der Waals surface area (Å²) < 4.78 is 12.9. The maximum Gasteiger partial charge on any atom is 0.160 e. The summed E-state index contributed by atoms with van der Waals surface area (Å²) in [4.78, 5) is 13.7. The lowest BCUT2D eigenvalue weighted by Crippen LogP contribution is -2.08. The van der Waals surface area contributed by atoms with Crippen LogP contribution in [0, 0.1) is 5.82 Å². The summed E-state index contributed by atoms with van der Waals surface area (Å²) in [7, 11) is 3.81. The number of nitrogens with zero attached hydrogens (tertiary/aromatic N) is 1. The summed E-state index contributed by atoms with van der Waals surface area (Å²) in [5, 5.41) is 0. The number of Topliss-reactive ketones (excluding diaryl/α,β-unsaturated/α-hetero) is 1. The van der Waals surface area contributed by atoms with Gasteiger partial charge in [0.25, 0.3) is 0 Å². The molecule has 1 atom stereocenters. The summed E-state index contributed by atoms with van der Waals surface area (Å²) in [5.41, 5.74) is 1.85. The highest BCUT2D eigenvalue weighted by molar-refractivity contribution is 5.99. The predicted octanol–water partition coefficient (Wildman–Crippen LogP) is 2.72. The first-order valence-electron chi connectivity index (χ1n) is 5.74. The van der Waals surface area contributed by atoms with Crippen LogP contribution < -0.4 is 0 Å². The maximum atomic E-state index is 12.9. The van der Waals surface area contributed by atoms with E-state index in [1.54, 1.807) is 12.1 Å². The SMILES string of the molecule is CN(C)/C=C1\C(=O)CCC1c1ccc(F)cc1. The molecule has 1 aliphatic rings. The molecule has 1 unspecified atom stereocenters. The maximum absolute atomic E-state index is 12.9. The Kier molecular flexibility index (Phi) is 3.27. The molecule has 1 aliphatic carbocycles. The smallest absolute Gasteiger partial charge is 0.160 e. The molecule has 2 nitrogen and oxygen atoms in total. The molecule has 0 amide bonds. The van der Waals surface area contributed by atoms with E-state index in [9.17, 15) is 9.18 Å². The van der Waals surface area contributed by atoms with E-state index in [-0.39, 0.29) is 17.5 Å². The van der Waals surface area contributed by atoms with Crippen LogP contribution in [0.3, 0.4) is 0 Å². The number of hydrogen-bond donors (Lipinski definition) is 0. The fourth-order valence-corrected chi connectivity index (χ4v) is 2.25. The van der Waals surface area contributed by atoms with E-state index in [0.29, 0.717) is 6.42 Å². The molecule has 0 spiro atoms. The number of allylic oxidation sites excluding steroid dienone is 1. The van der Waals surface area contributed by atoms with Gasteiger partial charge in [-0.2, -0.15) is 0 Å². The average Bonchev–Trinajstić information content (AvgIpc) is 2.61. The van der Waals surface area contributed by atoms with Crippen molar-refractivity contribution in [2.75, 3.05) is 14.1 Å². The highest BCUT2D eigenvalue weighted by Gasteiger charge is 2.29. The van der Waals surface area contributed by atoms with Gasteiger partial charge in [0.2, 0.25) is 0 Å². The van der Waals surface area contributed by atoms with Crippen LogP contribution in [0.4, 0.5) is 4.39 Å². The lowest BCUT2D eigenvalue weighted by Gasteiger charge is -2.14. The highest BCUT2D eigenvalue weighted by atomic mass is 19.1. The predicted molar refractivity (Wildman–Crippen MR) is 65.2 cm³/mol. The monoisotopic (exact) mass is 233 g/mol. The highest BCUT2D eigenvalue weighted by Crippen LogP contribution is 2.36. The van der Waals surface area contributed by atoms with Gasteiger partial charge in [-0.3, -0.25) is 4.79 Å². The van der Waals surface area contributed by atoms with Gasteiger partial charge in [-0.25, -0.2) is 4.39 Å². The summed E-state index contributed by atoms with van der Waals surface area (Å²) in [6.45, 7) is 0. The van der Waals surface area contributed by atoms with Crippen LogP contribution in [0.5, 0.6) is 0 Å². The molecule has 17 heavy (non-hydrogen) atoms. The van der Waals surface area contributed by atoms with E-state index in [0.717, 1.165) is 17.6 Å². The van der Waals surface area contributed by atoms with Crippen LogP contribution in [0.1, 0.15) is 24.3 Å². The molecule has 0 saturated heterocycles. The average molecular weight is 233 g/mol. The fraction of sp³-hybridized carbons (Fsp3) is 0.357. The Bertz CT molecular complexity index is 448. The van der Waals surface area contributed by atoms with Gasteiger partial charge in [-0.15, -0.1) is 0 Å². The number of rotatable bonds is 2. The van der Waals surface area contributed by atoms with Crippen molar-refractivity contribution in [1.82, 2.24) is 4.90 Å². The molecule has 90 valence electrons. The van der Waals surface area contributed by atoms with Crippen molar-refractivity contribution in [3.8, 4) is 0 Å². The number of hydrogen-bond acceptors (Lipinski definition) is 2. The number of benzene rings is 1. The number of ketones is 1. The van der Waals surface area contributed by atoms with Crippen molar-refractivity contribution in [2.45, 2.75) is 18.8 Å². The summed E-state index contributed by atoms with van der Waals surface area (Å²) in [6, 6.07) is 6.43. The van der Waals surface area contributed by atoms with Crippen LogP contribution >= 0.6 is 0 Å². The summed E-state index contributed by atoms with van der Waals surface area (Å²) in [6.07, 6.45) is 3.29. The third-order valence-corrected chi connectivity index (χ3v) is 3.03. The molecular formula is C14H16FNO. The Hall–Kier alpha value is -1.64. The van der Waals surface area contributed by atoms with E-state index >= 15 is 0 Å². The number of carbonyl (C=O) groups excluding carboxylic acids is 1. The molecule has 0 heterocycles. The zero-order valence-electron chi connectivity index (χ0n) is 10.1. The van der Waals surface area contributed by atoms with Gasteiger partial charge < -0.3 is 4.90 Å². The zero-order chi connectivity index (χ0) is 12.4. The zero-order valence-corrected chi connectivity index (χ0v) is 10.1. The third kappa shape index (κ3) is 2.54. The Labute approximate surface area is 101 Å². The molecule has 1 aromatic carbocycles. The molecule has 0 aliphatic heterocycles. The molecule has 1 saturated carbocycles. The molecule has 2 rings (SSSR count). The van der Waals surface area contributed by atoms with Crippen LogP contribution in [0.2, 0.25) is 0 Å². The van der Waals surface area contributed by atoms with Crippen molar-refractivity contribution in [2.24, 2.45) is 0 Å². The van der Waals surface area contributed by atoms with Gasteiger partial charge in [0, 0.05) is 38.2 Å². The van der Waals surface area contributed by atoms with Gasteiger partial charge >= 0.3 is 0 Å². The Morgan fingerprint density at radius 3 is 2.53 bits per heavy atom. The van der Waals surface area contributed by atoms with Gasteiger partial charge in [-0.1, -0.05) is 12.1 Å². The Morgan fingerprint density at radius 2 is 1.94 bits per heavy atom. The molecule has 1 fully saturated rings. The minimum Gasteiger partial charge on any atom is -0.383 e. The molecular weight excluding hydrogens is 217 g/mol. The molecule has 0 N–H and O–H groups in total. The van der Waals surface area contributed by atoms with Crippen LogP contribution in [0.25, 0.3) is 0 Å². The second-order valence-electron chi connectivity index (χ2n) is 4.61. The minimum atomic E-state index is -0.240. The molecule has 3 heteroatoms. The minimum absolute atomic E-state index is 0.116. The third-order valence-electron chi connectivity index (χ3n) is 3.03. The van der Waals surface area contributed by atoms with Gasteiger partial charge in [0.1, 0.15) is 5.82 Å². The second kappa shape index (κ2) is 4.70. The van der Waals surface area contributed by atoms with E-state index in [4.69, 9.17) is 0 Å². The summed E-state index contributed by atoms with van der Waals surface area (Å²) >= 11 is 0. The first kappa shape index (κ1) is 11.8. The van der Waals surface area contributed by atoms with Crippen molar-refractivity contribution in [3.63, 3.8) is 0 Å². The van der Waals surface area contributed by atoms with Crippen molar-refractivity contribution in [3.05, 3.63) is 47.4 Å². The quantitative estimate of drug-likeness (QED) is 0.732. The van der Waals surface area contributed by atoms with Crippen molar-refractivity contribution < 1.29 is 9.18 Å².